The van der Waals surface area contributed by atoms with Gasteiger partial charge in [-0.2, -0.15) is 0 Å². The van der Waals surface area contributed by atoms with Crippen LogP contribution >= 0.6 is 0 Å². The normalized spacial score (nSPS) is 13.2. The van der Waals surface area contributed by atoms with Gasteiger partial charge in [0.25, 0.3) is 0 Å². The highest BCUT2D eigenvalue weighted by Crippen LogP contribution is 2.12. The molecule has 3 N–H and O–H groups in total. The molecule has 0 aliphatic rings. The second-order valence-corrected chi connectivity index (χ2v) is 3.77. The average molecular weight is 204 g/mol. The van der Waals surface area contributed by atoms with Crippen LogP contribution in [0.1, 0.15) is 19.2 Å². The van der Waals surface area contributed by atoms with Gasteiger partial charge in [0.2, 0.25) is 0 Å². The lowest BCUT2D eigenvalue weighted by Gasteiger charge is -2.08. The summed E-state index contributed by atoms with van der Waals surface area (Å²) in [6.45, 7) is 2.86. The molecule has 0 fully saturated rings. The van der Waals surface area contributed by atoms with E-state index in [1.807, 2.05) is 12.1 Å². The molecule has 1 unspecified atom stereocenters. The van der Waals surface area contributed by atoms with Crippen molar-refractivity contribution < 1.29 is 0 Å². The Bertz CT molecular complexity index is 398. The molecule has 2 rings (SSSR count). The van der Waals surface area contributed by atoms with Crippen LogP contribution in [-0.4, -0.2) is 21.5 Å². The first kappa shape index (κ1) is 10.1. The molecular formula is C11H16N4. The van der Waals surface area contributed by atoms with E-state index in [1.54, 1.807) is 6.20 Å². The number of aromatic amines is 1. The van der Waals surface area contributed by atoms with Crippen molar-refractivity contribution in [3.63, 3.8) is 0 Å². The van der Waals surface area contributed by atoms with E-state index >= 15 is 0 Å². The van der Waals surface area contributed by atoms with E-state index in [0.29, 0.717) is 12.5 Å². The summed E-state index contributed by atoms with van der Waals surface area (Å²) in [4.78, 5) is 11.9. The van der Waals surface area contributed by atoms with Crippen molar-refractivity contribution in [2.24, 2.45) is 11.7 Å². The van der Waals surface area contributed by atoms with Crippen LogP contribution in [0.3, 0.4) is 0 Å². The minimum atomic E-state index is 0.505. The minimum Gasteiger partial charge on any atom is -0.341 e. The van der Waals surface area contributed by atoms with Gasteiger partial charge < -0.3 is 10.7 Å². The predicted molar refractivity (Wildman–Crippen MR) is 60.4 cm³/mol. The molecule has 0 aromatic carbocycles. The zero-order valence-electron chi connectivity index (χ0n) is 8.90. The number of imidazole rings is 1. The van der Waals surface area contributed by atoms with E-state index in [2.05, 4.69) is 21.9 Å². The Morgan fingerprint density at radius 2 is 2.40 bits per heavy atom. The Kier molecular flexibility index (Phi) is 2.97. The van der Waals surface area contributed by atoms with Crippen molar-refractivity contribution in [3.05, 3.63) is 24.2 Å². The van der Waals surface area contributed by atoms with Crippen molar-refractivity contribution in [1.29, 1.82) is 0 Å². The maximum absolute atomic E-state index is 5.67. The fraction of sp³-hybridized carbons (Fsp3) is 0.455. The molecule has 15 heavy (non-hydrogen) atoms. The molecule has 0 aliphatic heterocycles. The summed E-state index contributed by atoms with van der Waals surface area (Å²) in [6.07, 6.45) is 3.75. The summed E-state index contributed by atoms with van der Waals surface area (Å²) >= 11 is 0. The molecular weight excluding hydrogens is 188 g/mol. The van der Waals surface area contributed by atoms with E-state index < -0.39 is 0 Å². The summed E-state index contributed by atoms with van der Waals surface area (Å²) in [6, 6.07) is 3.90. The number of H-pyrrole nitrogens is 1. The second kappa shape index (κ2) is 4.40. The van der Waals surface area contributed by atoms with Crippen molar-refractivity contribution >= 4 is 11.2 Å². The van der Waals surface area contributed by atoms with Crippen LogP contribution < -0.4 is 5.73 Å². The molecule has 0 saturated carbocycles. The van der Waals surface area contributed by atoms with Gasteiger partial charge >= 0.3 is 0 Å². The molecule has 4 nitrogen and oxygen atoms in total. The molecule has 0 amide bonds. The smallest absolute Gasteiger partial charge is 0.177 e. The lowest BCUT2D eigenvalue weighted by molar-refractivity contribution is 0.508. The highest BCUT2D eigenvalue weighted by atomic mass is 15.0. The maximum Gasteiger partial charge on any atom is 0.177 e. The fourth-order valence-electron chi connectivity index (χ4n) is 1.66. The molecule has 4 heteroatoms. The van der Waals surface area contributed by atoms with Gasteiger partial charge in [-0.1, -0.05) is 13.3 Å². The van der Waals surface area contributed by atoms with Crippen LogP contribution in [-0.2, 0) is 6.42 Å². The molecule has 1 atom stereocenters. The highest BCUT2D eigenvalue weighted by molar-refractivity contribution is 5.69. The zero-order chi connectivity index (χ0) is 10.7. The number of nitrogens with zero attached hydrogens (tertiary/aromatic N) is 2. The van der Waals surface area contributed by atoms with Gasteiger partial charge in [-0.25, -0.2) is 9.97 Å². The van der Waals surface area contributed by atoms with Gasteiger partial charge in [-0.3, -0.25) is 0 Å². The Labute approximate surface area is 88.9 Å². The average Bonchev–Trinajstić information content (AvgIpc) is 2.68. The first-order valence-electron chi connectivity index (χ1n) is 5.33. The molecule has 2 heterocycles. The van der Waals surface area contributed by atoms with Crippen LogP contribution in [0.15, 0.2) is 18.3 Å². The third-order valence-corrected chi connectivity index (χ3v) is 2.70. The number of pyridine rings is 1. The third kappa shape index (κ3) is 2.15. The SMILES string of the molecule is CCC(CN)Cc1nc2ncccc2[nH]1. The van der Waals surface area contributed by atoms with Crippen LogP contribution in [0, 0.1) is 5.92 Å². The number of hydrogen-bond donors (Lipinski definition) is 2. The topological polar surface area (TPSA) is 67.6 Å². The van der Waals surface area contributed by atoms with E-state index in [4.69, 9.17) is 5.73 Å². The third-order valence-electron chi connectivity index (χ3n) is 2.70. The minimum absolute atomic E-state index is 0.505. The molecule has 0 saturated heterocycles. The van der Waals surface area contributed by atoms with E-state index in [1.165, 1.54) is 0 Å². The van der Waals surface area contributed by atoms with E-state index in [-0.39, 0.29) is 0 Å². The lowest BCUT2D eigenvalue weighted by atomic mass is 10.0. The predicted octanol–water partition coefficient (Wildman–Crippen LogP) is 1.49. The zero-order valence-corrected chi connectivity index (χ0v) is 8.90. The highest BCUT2D eigenvalue weighted by Gasteiger charge is 2.09. The summed E-state index contributed by atoms with van der Waals surface area (Å²) in [5, 5.41) is 0. The largest absolute Gasteiger partial charge is 0.341 e. The van der Waals surface area contributed by atoms with E-state index in [0.717, 1.165) is 29.8 Å². The number of rotatable bonds is 4. The van der Waals surface area contributed by atoms with Crippen molar-refractivity contribution in [3.8, 4) is 0 Å². The van der Waals surface area contributed by atoms with Crippen molar-refractivity contribution in [1.82, 2.24) is 15.0 Å². The number of hydrogen-bond acceptors (Lipinski definition) is 3. The summed E-state index contributed by atoms with van der Waals surface area (Å²) in [7, 11) is 0. The quantitative estimate of drug-likeness (QED) is 0.792. The Morgan fingerprint density at radius 3 is 3.07 bits per heavy atom. The van der Waals surface area contributed by atoms with Crippen LogP contribution in [0.5, 0.6) is 0 Å². The van der Waals surface area contributed by atoms with Crippen molar-refractivity contribution in [2.75, 3.05) is 6.54 Å². The monoisotopic (exact) mass is 204 g/mol. The van der Waals surface area contributed by atoms with Gasteiger partial charge in [0, 0.05) is 12.6 Å². The summed E-state index contributed by atoms with van der Waals surface area (Å²) in [5.74, 6) is 1.49. The van der Waals surface area contributed by atoms with Gasteiger partial charge in [0.15, 0.2) is 5.65 Å². The standard InChI is InChI=1S/C11H16N4/c1-2-8(7-12)6-10-14-9-4-3-5-13-11(9)15-10/h3-5,8H,2,6-7,12H2,1H3,(H,13,14,15). The molecule has 0 radical (unpaired) electrons. The van der Waals surface area contributed by atoms with Gasteiger partial charge in [-0.15, -0.1) is 0 Å². The Balaban J connectivity index is 2.21. The first-order valence-corrected chi connectivity index (χ1v) is 5.33. The van der Waals surface area contributed by atoms with Crippen LogP contribution in [0.4, 0.5) is 0 Å². The second-order valence-electron chi connectivity index (χ2n) is 3.77. The first-order chi connectivity index (χ1) is 7.33. The van der Waals surface area contributed by atoms with Crippen molar-refractivity contribution in [2.45, 2.75) is 19.8 Å². The van der Waals surface area contributed by atoms with Crippen LogP contribution in [0.2, 0.25) is 0 Å². The number of nitrogens with one attached hydrogen (secondary N) is 1. The number of aromatic nitrogens is 3. The maximum atomic E-state index is 5.67. The molecule has 0 aliphatic carbocycles. The number of nitrogens with two attached hydrogens (primary N) is 1. The molecule has 0 spiro atoms. The Hall–Kier alpha value is -1.42. The van der Waals surface area contributed by atoms with Gasteiger partial charge in [0.05, 0.1) is 5.52 Å². The molecule has 2 aromatic rings. The van der Waals surface area contributed by atoms with E-state index in [9.17, 15) is 0 Å². The number of fused-ring (bicyclic) bond motifs is 1. The lowest BCUT2D eigenvalue weighted by Crippen LogP contribution is -2.16. The fourth-order valence-corrected chi connectivity index (χ4v) is 1.66. The van der Waals surface area contributed by atoms with Gasteiger partial charge in [-0.05, 0) is 24.6 Å². The van der Waals surface area contributed by atoms with Gasteiger partial charge in [0.1, 0.15) is 5.82 Å². The molecule has 2 aromatic heterocycles. The molecule has 0 bridgehead atoms. The van der Waals surface area contributed by atoms with Crippen LogP contribution in [0.25, 0.3) is 11.2 Å². The summed E-state index contributed by atoms with van der Waals surface area (Å²) < 4.78 is 0. The molecule has 80 valence electrons. The Morgan fingerprint density at radius 1 is 1.53 bits per heavy atom. The summed E-state index contributed by atoms with van der Waals surface area (Å²) in [5.41, 5.74) is 7.46.